The summed E-state index contributed by atoms with van der Waals surface area (Å²) in [6.07, 6.45) is 1.01. The summed E-state index contributed by atoms with van der Waals surface area (Å²) in [4.78, 5) is 25.0. The first-order valence-electron chi connectivity index (χ1n) is 6.42. The Kier molecular flexibility index (Phi) is 4.16. The second-order valence-electron chi connectivity index (χ2n) is 4.76. The number of hydrogen-bond donors (Lipinski definition) is 2. The first kappa shape index (κ1) is 13.5. The number of carbonyl (C=O) groups is 2. The van der Waals surface area contributed by atoms with Gasteiger partial charge in [-0.3, -0.25) is 9.59 Å². The van der Waals surface area contributed by atoms with Crippen molar-refractivity contribution in [2.24, 2.45) is 5.73 Å². The average Bonchev–Trinajstić information content (AvgIpc) is 2.43. The van der Waals surface area contributed by atoms with Crippen molar-refractivity contribution in [3.05, 3.63) is 35.4 Å². The van der Waals surface area contributed by atoms with Crippen LogP contribution in [0.2, 0.25) is 0 Å². The van der Waals surface area contributed by atoms with Crippen molar-refractivity contribution in [1.29, 1.82) is 0 Å². The Balaban J connectivity index is 2.20. The number of carbonyl (C=O) groups excluding carboxylic acids is 1. The van der Waals surface area contributed by atoms with Gasteiger partial charge < -0.3 is 15.7 Å². The maximum absolute atomic E-state index is 12.0. The van der Waals surface area contributed by atoms with Crippen LogP contribution < -0.4 is 5.73 Å². The molecule has 1 aromatic rings. The molecule has 0 bridgehead atoms. The Morgan fingerprint density at radius 2 is 2.11 bits per heavy atom. The maximum Gasteiger partial charge on any atom is 0.312 e. The van der Waals surface area contributed by atoms with Crippen molar-refractivity contribution in [2.75, 3.05) is 13.1 Å². The molecule has 1 aliphatic rings. The third-order valence-electron chi connectivity index (χ3n) is 3.44. The zero-order valence-electron chi connectivity index (χ0n) is 10.7. The lowest BCUT2D eigenvalue weighted by atomic mass is 9.89. The van der Waals surface area contributed by atoms with E-state index in [-0.39, 0.29) is 12.5 Å². The van der Waals surface area contributed by atoms with Crippen LogP contribution in [0.25, 0.3) is 0 Å². The molecule has 2 rings (SSSR count). The van der Waals surface area contributed by atoms with Gasteiger partial charge in [0, 0.05) is 19.5 Å². The summed E-state index contributed by atoms with van der Waals surface area (Å²) in [5.74, 6) is -1.54. The molecule has 0 fully saturated rings. The molecular formula is C14H18N2O3. The van der Waals surface area contributed by atoms with Gasteiger partial charge in [0.25, 0.3) is 0 Å². The van der Waals surface area contributed by atoms with E-state index < -0.39 is 11.9 Å². The first-order valence-corrected chi connectivity index (χ1v) is 6.42. The van der Waals surface area contributed by atoms with Gasteiger partial charge in [0.05, 0.1) is 5.92 Å². The van der Waals surface area contributed by atoms with Crippen molar-refractivity contribution in [3.8, 4) is 0 Å². The first-order chi connectivity index (χ1) is 9.13. The molecule has 1 aliphatic heterocycles. The molecule has 102 valence electrons. The van der Waals surface area contributed by atoms with E-state index in [0.717, 1.165) is 11.1 Å². The molecule has 3 N–H and O–H groups in total. The number of aliphatic carboxylic acids is 1. The molecular weight excluding hydrogens is 244 g/mol. The Labute approximate surface area is 112 Å². The molecule has 5 heteroatoms. The third kappa shape index (κ3) is 2.93. The second-order valence-corrected chi connectivity index (χ2v) is 4.76. The molecule has 0 aliphatic carbocycles. The number of benzene rings is 1. The van der Waals surface area contributed by atoms with Gasteiger partial charge in [0.15, 0.2) is 0 Å². The van der Waals surface area contributed by atoms with Crippen LogP contribution in [0.15, 0.2) is 24.3 Å². The molecule has 0 saturated heterocycles. The zero-order chi connectivity index (χ0) is 13.8. The minimum Gasteiger partial charge on any atom is -0.481 e. The molecule has 1 unspecified atom stereocenters. The van der Waals surface area contributed by atoms with E-state index in [4.69, 9.17) is 5.73 Å². The zero-order valence-corrected chi connectivity index (χ0v) is 10.7. The van der Waals surface area contributed by atoms with Crippen LogP contribution in [-0.4, -0.2) is 35.0 Å². The number of rotatable bonds is 4. The standard InChI is InChI=1S/C14H18N2O3/c15-7-3-6-13(17)16-8-10-4-1-2-5-11(10)12(9-16)14(18)19/h1-2,4-5,12H,3,6-9,15H2,(H,18,19). The summed E-state index contributed by atoms with van der Waals surface area (Å²) in [6, 6.07) is 7.41. The van der Waals surface area contributed by atoms with Crippen molar-refractivity contribution in [2.45, 2.75) is 25.3 Å². The number of fused-ring (bicyclic) bond motifs is 1. The van der Waals surface area contributed by atoms with E-state index in [1.165, 1.54) is 0 Å². The van der Waals surface area contributed by atoms with Gasteiger partial charge in [-0.15, -0.1) is 0 Å². The average molecular weight is 262 g/mol. The number of nitrogens with zero attached hydrogens (tertiary/aromatic N) is 1. The molecule has 19 heavy (non-hydrogen) atoms. The summed E-state index contributed by atoms with van der Waals surface area (Å²) in [6.45, 7) is 1.21. The molecule has 0 saturated carbocycles. The lowest BCUT2D eigenvalue weighted by Gasteiger charge is -2.32. The Morgan fingerprint density at radius 3 is 2.79 bits per heavy atom. The number of amides is 1. The van der Waals surface area contributed by atoms with Crippen molar-refractivity contribution in [3.63, 3.8) is 0 Å². The molecule has 0 spiro atoms. The fourth-order valence-corrected chi connectivity index (χ4v) is 2.42. The lowest BCUT2D eigenvalue weighted by molar-refractivity contribution is -0.141. The van der Waals surface area contributed by atoms with Gasteiger partial charge in [-0.25, -0.2) is 0 Å². The molecule has 1 atom stereocenters. The van der Waals surface area contributed by atoms with Crippen LogP contribution in [0.5, 0.6) is 0 Å². The minimum absolute atomic E-state index is 0.0220. The quantitative estimate of drug-likeness (QED) is 0.845. The molecule has 5 nitrogen and oxygen atoms in total. The van der Waals surface area contributed by atoms with Crippen LogP contribution in [0, 0.1) is 0 Å². The normalized spacial score (nSPS) is 17.9. The van der Waals surface area contributed by atoms with Crippen molar-refractivity contribution in [1.82, 2.24) is 4.90 Å². The minimum atomic E-state index is -0.885. The molecule has 1 heterocycles. The predicted molar refractivity (Wildman–Crippen MR) is 70.5 cm³/mol. The van der Waals surface area contributed by atoms with E-state index in [9.17, 15) is 14.7 Å². The van der Waals surface area contributed by atoms with Gasteiger partial charge in [0.1, 0.15) is 0 Å². The Bertz CT molecular complexity index is 487. The van der Waals surface area contributed by atoms with Crippen LogP contribution in [0.1, 0.15) is 29.9 Å². The number of nitrogens with two attached hydrogens (primary N) is 1. The van der Waals surface area contributed by atoms with Crippen LogP contribution in [0.3, 0.4) is 0 Å². The largest absolute Gasteiger partial charge is 0.481 e. The fraction of sp³-hybridized carbons (Fsp3) is 0.429. The smallest absolute Gasteiger partial charge is 0.312 e. The summed E-state index contributed by atoms with van der Waals surface area (Å²) in [5.41, 5.74) is 7.13. The summed E-state index contributed by atoms with van der Waals surface area (Å²) < 4.78 is 0. The molecule has 0 radical (unpaired) electrons. The van der Waals surface area contributed by atoms with Crippen molar-refractivity contribution >= 4 is 11.9 Å². The topological polar surface area (TPSA) is 83.6 Å². The van der Waals surface area contributed by atoms with Gasteiger partial charge >= 0.3 is 5.97 Å². The van der Waals surface area contributed by atoms with Gasteiger partial charge in [-0.05, 0) is 24.1 Å². The predicted octanol–water partition coefficient (Wildman–Crippen LogP) is 0.936. The van der Waals surface area contributed by atoms with E-state index >= 15 is 0 Å². The highest BCUT2D eigenvalue weighted by atomic mass is 16.4. The van der Waals surface area contributed by atoms with Crippen LogP contribution in [-0.2, 0) is 16.1 Å². The highest BCUT2D eigenvalue weighted by Crippen LogP contribution is 2.28. The Hall–Kier alpha value is -1.88. The van der Waals surface area contributed by atoms with E-state index in [1.54, 1.807) is 4.90 Å². The van der Waals surface area contributed by atoms with Crippen LogP contribution >= 0.6 is 0 Å². The highest BCUT2D eigenvalue weighted by molar-refractivity contribution is 5.81. The van der Waals surface area contributed by atoms with Gasteiger partial charge in [-0.2, -0.15) is 0 Å². The van der Waals surface area contributed by atoms with E-state index in [1.807, 2.05) is 24.3 Å². The van der Waals surface area contributed by atoms with E-state index in [0.29, 0.717) is 25.9 Å². The third-order valence-corrected chi connectivity index (χ3v) is 3.44. The molecule has 0 aromatic heterocycles. The highest BCUT2D eigenvalue weighted by Gasteiger charge is 2.31. The number of hydrogen-bond acceptors (Lipinski definition) is 3. The van der Waals surface area contributed by atoms with Gasteiger partial charge in [0.2, 0.25) is 5.91 Å². The summed E-state index contributed by atoms with van der Waals surface area (Å²) in [5, 5.41) is 9.30. The Morgan fingerprint density at radius 1 is 1.37 bits per heavy atom. The van der Waals surface area contributed by atoms with E-state index in [2.05, 4.69) is 0 Å². The second kappa shape index (κ2) is 5.84. The summed E-state index contributed by atoms with van der Waals surface area (Å²) >= 11 is 0. The summed E-state index contributed by atoms with van der Waals surface area (Å²) in [7, 11) is 0. The van der Waals surface area contributed by atoms with Gasteiger partial charge in [-0.1, -0.05) is 24.3 Å². The fourth-order valence-electron chi connectivity index (χ4n) is 2.42. The molecule has 1 amide bonds. The SMILES string of the molecule is NCCCC(=O)N1Cc2ccccc2C(C(=O)O)C1. The maximum atomic E-state index is 12.0. The number of carboxylic acids is 1. The van der Waals surface area contributed by atoms with Crippen molar-refractivity contribution < 1.29 is 14.7 Å². The monoisotopic (exact) mass is 262 g/mol. The molecule has 1 aromatic carbocycles. The number of carboxylic acid groups (broad SMARTS) is 1. The lowest BCUT2D eigenvalue weighted by Crippen LogP contribution is -2.40. The van der Waals surface area contributed by atoms with Crippen LogP contribution in [0.4, 0.5) is 0 Å².